The SMILES string of the molecule is CC[C@H](C(=O)Nc1ccc(Cl)cc1C)N(c1cc(Cl)ccc1C)S(C)(=O)=O. The van der Waals surface area contributed by atoms with E-state index in [0.717, 1.165) is 16.1 Å². The van der Waals surface area contributed by atoms with Crippen molar-refractivity contribution in [3.63, 3.8) is 0 Å². The molecule has 0 aromatic heterocycles. The molecule has 0 aliphatic heterocycles. The highest BCUT2D eigenvalue weighted by Crippen LogP contribution is 2.30. The third-order valence-electron chi connectivity index (χ3n) is 4.18. The molecule has 0 saturated carbocycles. The molecule has 0 saturated heterocycles. The van der Waals surface area contributed by atoms with Gasteiger partial charge in [-0.3, -0.25) is 9.10 Å². The Morgan fingerprint density at radius 3 is 2.22 bits per heavy atom. The highest BCUT2D eigenvalue weighted by Gasteiger charge is 2.32. The maximum Gasteiger partial charge on any atom is 0.248 e. The van der Waals surface area contributed by atoms with Crippen molar-refractivity contribution in [3.05, 3.63) is 57.6 Å². The van der Waals surface area contributed by atoms with Gasteiger partial charge in [0.05, 0.1) is 11.9 Å². The van der Waals surface area contributed by atoms with E-state index in [-0.39, 0.29) is 6.42 Å². The van der Waals surface area contributed by atoms with E-state index >= 15 is 0 Å². The van der Waals surface area contributed by atoms with Gasteiger partial charge in [-0.25, -0.2) is 8.42 Å². The molecule has 27 heavy (non-hydrogen) atoms. The van der Waals surface area contributed by atoms with Gasteiger partial charge in [0.2, 0.25) is 15.9 Å². The number of hydrogen-bond donors (Lipinski definition) is 1. The molecule has 1 N–H and O–H groups in total. The van der Waals surface area contributed by atoms with Gasteiger partial charge in [-0.15, -0.1) is 0 Å². The summed E-state index contributed by atoms with van der Waals surface area (Å²) in [5.41, 5.74) is 2.47. The van der Waals surface area contributed by atoms with Gasteiger partial charge in [0.25, 0.3) is 0 Å². The van der Waals surface area contributed by atoms with Crippen LogP contribution in [0.15, 0.2) is 36.4 Å². The first-order chi connectivity index (χ1) is 12.5. The molecule has 146 valence electrons. The zero-order valence-electron chi connectivity index (χ0n) is 15.6. The number of carbonyl (C=O) groups is 1. The van der Waals surface area contributed by atoms with Gasteiger partial charge >= 0.3 is 0 Å². The number of rotatable bonds is 6. The van der Waals surface area contributed by atoms with Crippen LogP contribution in [0.3, 0.4) is 0 Å². The lowest BCUT2D eigenvalue weighted by Crippen LogP contribution is -2.47. The number of nitrogens with zero attached hydrogens (tertiary/aromatic N) is 1. The van der Waals surface area contributed by atoms with Crippen molar-refractivity contribution in [2.75, 3.05) is 15.9 Å². The van der Waals surface area contributed by atoms with E-state index < -0.39 is 22.0 Å². The second kappa shape index (κ2) is 8.50. The van der Waals surface area contributed by atoms with Crippen LogP contribution in [-0.4, -0.2) is 26.6 Å². The molecule has 1 atom stereocenters. The Morgan fingerprint density at radius 1 is 1.07 bits per heavy atom. The number of halogens is 2. The third-order valence-corrected chi connectivity index (χ3v) is 5.82. The molecule has 0 radical (unpaired) electrons. The van der Waals surface area contributed by atoms with Crippen molar-refractivity contribution >= 4 is 50.5 Å². The predicted molar refractivity (Wildman–Crippen MR) is 112 cm³/mol. The summed E-state index contributed by atoms with van der Waals surface area (Å²) in [4.78, 5) is 13.0. The minimum absolute atomic E-state index is 0.289. The van der Waals surface area contributed by atoms with Gasteiger partial charge in [-0.05, 0) is 61.7 Å². The lowest BCUT2D eigenvalue weighted by atomic mass is 10.1. The van der Waals surface area contributed by atoms with Gasteiger partial charge in [0.1, 0.15) is 6.04 Å². The first-order valence-corrected chi connectivity index (χ1v) is 11.0. The van der Waals surface area contributed by atoms with Crippen LogP contribution < -0.4 is 9.62 Å². The maximum absolute atomic E-state index is 13.0. The monoisotopic (exact) mass is 428 g/mol. The highest BCUT2D eigenvalue weighted by molar-refractivity contribution is 7.92. The standard InChI is InChI=1S/C19H22Cl2N2O3S/c1-5-17(19(24)22-16-9-8-14(20)10-13(16)3)23(27(4,25)26)18-11-15(21)7-6-12(18)2/h6-11,17H,5H2,1-4H3,(H,22,24)/t17-/m1/s1. The molecule has 2 aromatic carbocycles. The normalized spacial score (nSPS) is 12.5. The number of sulfonamides is 1. The Labute approximate surface area is 170 Å². The summed E-state index contributed by atoms with van der Waals surface area (Å²) in [5, 5.41) is 3.76. The number of anilines is 2. The summed E-state index contributed by atoms with van der Waals surface area (Å²) in [6, 6.07) is 9.13. The predicted octanol–water partition coefficient (Wildman–Crippen LogP) is 4.79. The molecule has 0 unspecified atom stereocenters. The molecule has 2 aromatic rings. The Kier molecular flexibility index (Phi) is 6.78. The molecule has 0 heterocycles. The van der Waals surface area contributed by atoms with Gasteiger partial charge < -0.3 is 5.32 Å². The van der Waals surface area contributed by atoms with E-state index in [1.807, 2.05) is 6.92 Å². The summed E-state index contributed by atoms with van der Waals surface area (Å²) in [6.45, 7) is 5.35. The zero-order valence-corrected chi connectivity index (χ0v) is 17.9. The minimum atomic E-state index is -3.73. The van der Waals surface area contributed by atoms with Crippen molar-refractivity contribution < 1.29 is 13.2 Å². The zero-order chi connectivity index (χ0) is 20.4. The lowest BCUT2D eigenvalue weighted by molar-refractivity contribution is -0.117. The van der Waals surface area contributed by atoms with Crippen LogP contribution in [0.5, 0.6) is 0 Å². The van der Waals surface area contributed by atoms with Crippen LogP contribution in [0.25, 0.3) is 0 Å². The molecule has 0 aliphatic carbocycles. The molecule has 8 heteroatoms. The van der Waals surface area contributed by atoms with Gasteiger partial charge in [0, 0.05) is 15.7 Å². The van der Waals surface area contributed by atoms with E-state index in [2.05, 4.69) is 5.32 Å². The van der Waals surface area contributed by atoms with Crippen molar-refractivity contribution in [1.29, 1.82) is 0 Å². The molecule has 1 amide bonds. The van der Waals surface area contributed by atoms with Gasteiger partial charge in [-0.1, -0.05) is 36.2 Å². The molecule has 5 nitrogen and oxygen atoms in total. The van der Waals surface area contributed by atoms with Crippen LogP contribution in [-0.2, 0) is 14.8 Å². The molecular weight excluding hydrogens is 407 g/mol. The van der Waals surface area contributed by atoms with Crippen molar-refractivity contribution in [1.82, 2.24) is 0 Å². The smallest absolute Gasteiger partial charge is 0.248 e. The second-order valence-corrected chi connectivity index (χ2v) is 9.09. The summed E-state index contributed by atoms with van der Waals surface area (Å²) in [5.74, 6) is -0.423. The largest absolute Gasteiger partial charge is 0.324 e. The number of hydrogen-bond acceptors (Lipinski definition) is 3. The maximum atomic E-state index is 13.0. The van der Waals surface area contributed by atoms with Crippen LogP contribution in [0, 0.1) is 13.8 Å². The quantitative estimate of drug-likeness (QED) is 0.718. The number of carbonyl (C=O) groups excluding carboxylic acids is 1. The van der Waals surface area contributed by atoms with Gasteiger partial charge in [0.15, 0.2) is 0 Å². The minimum Gasteiger partial charge on any atom is -0.324 e. The average molecular weight is 429 g/mol. The Bertz CT molecular complexity index is 961. The number of benzene rings is 2. The van der Waals surface area contributed by atoms with E-state index in [1.54, 1.807) is 50.2 Å². The summed E-state index contributed by atoms with van der Waals surface area (Å²) in [7, 11) is -3.73. The molecular formula is C19H22Cl2N2O3S. The van der Waals surface area contributed by atoms with Gasteiger partial charge in [-0.2, -0.15) is 0 Å². The van der Waals surface area contributed by atoms with E-state index in [1.165, 1.54) is 0 Å². The van der Waals surface area contributed by atoms with Crippen molar-refractivity contribution in [3.8, 4) is 0 Å². The fourth-order valence-electron chi connectivity index (χ4n) is 2.84. The topological polar surface area (TPSA) is 66.5 Å². The van der Waals surface area contributed by atoms with Crippen LogP contribution in [0.1, 0.15) is 24.5 Å². The lowest BCUT2D eigenvalue weighted by Gasteiger charge is -2.31. The Balaban J connectivity index is 2.46. The first kappa shape index (κ1) is 21.5. The molecule has 0 bridgehead atoms. The molecule has 0 spiro atoms. The van der Waals surface area contributed by atoms with Crippen LogP contribution in [0.4, 0.5) is 11.4 Å². The third kappa shape index (κ3) is 5.15. The van der Waals surface area contributed by atoms with Crippen LogP contribution in [0.2, 0.25) is 10.0 Å². The second-order valence-electron chi connectivity index (χ2n) is 6.36. The Hall–Kier alpha value is -1.76. The highest BCUT2D eigenvalue weighted by atomic mass is 35.5. The summed E-state index contributed by atoms with van der Waals surface area (Å²) >= 11 is 12.0. The van der Waals surface area contributed by atoms with Crippen molar-refractivity contribution in [2.24, 2.45) is 0 Å². The van der Waals surface area contributed by atoms with Crippen LogP contribution >= 0.6 is 23.2 Å². The number of amides is 1. The molecule has 0 fully saturated rings. The summed E-state index contributed by atoms with van der Waals surface area (Å²) in [6.07, 6.45) is 1.37. The number of nitrogens with one attached hydrogen (secondary N) is 1. The fraction of sp³-hybridized carbons (Fsp3) is 0.316. The van der Waals surface area contributed by atoms with E-state index in [9.17, 15) is 13.2 Å². The average Bonchev–Trinajstić information content (AvgIpc) is 2.56. The first-order valence-electron chi connectivity index (χ1n) is 8.37. The van der Waals surface area contributed by atoms with Crippen molar-refractivity contribution in [2.45, 2.75) is 33.2 Å². The summed E-state index contributed by atoms with van der Waals surface area (Å²) < 4.78 is 26.2. The Morgan fingerprint density at radius 2 is 1.67 bits per heavy atom. The van der Waals surface area contributed by atoms with E-state index in [0.29, 0.717) is 27.0 Å². The molecule has 2 rings (SSSR count). The van der Waals surface area contributed by atoms with E-state index in [4.69, 9.17) is 23.2 Å². The fourth-order valence-corrected chi connectivity index (χ4v) is 4.49. The molecule has 0 aliphatic rings. The number of aryl methyl sites for hydroxylation is 2.